The number of nitrogens with zero attached hydrogens (tertiary/aromatic N) is 4. The molecule has 7 heteroatoms. The summed E-state index contributed by atoms with van der Waals surface area (Å²) in [6.45, 7) is 5.41. The highest BCUT2D eigenvalue weighted by Gasteiger charge is 2.32. The average Bonchev–Trinajstić information content (AvgIpc) is 3.12. The first-order valence-corrected chi connectivity index (χ1v) is 9.02. The Balaban J connectivity index is 1.67. The predicted octanol–water partition coefficient (Wildman–Crippen LogP) is 1.91. The van der Waals surface area contributed by atoms with Gasteiger partial charge in [0.25, 0.3) is 0 Å². The highest BCUT2D eigenvalue weighted by molar-refractivity contribution is 5.82. The number of amides is 2. The number of nitrogens with one attached hydrogen (secondary N) is 1. The molecule has 2 aromatic rings. The quantitative estimate of drug-likeness (QED) is 0.858. The first kappa shape index (κ1) is 18.1. The molecule has 26 heavy (non-hydrogen) atoms. The summed E-state index contributed by atoms with van der Waals surface area (Å²) in [5.74, 6) is 0.419. The zero-order valence-corrected chi connectivity index (χ0v) is 15.3. The summed E-state index contributed by atoms with van der Waals surface area (Å²) in [5.41, 5.74) is 1.68. The Labute approximate surface area is 153 Å². The van der Waals surface area contributed by atoms with Crippen LogP contribution in [0.15, 0.2) is 36.7 Å². The second-order valence-corrected chi connectivity index (χ2v) is 7.03. The van der Waals surface area contributed by atoms with Gasteiger partial charge >= 0.3 is 0 Å². The van der Waals surface area contributed by atoms with Gasteiger partial charge in [-0.05, 0) is 30.5 Å². The lowest BCUT2D eigenvalue weighted by Gasteiger charge is -2.33. The van der Waals surface area contributed by atoms with Crippen LogP contribution >= 0.6 is 0 Å². The van der Waals surface area contributed by atoms with Crippen molar-refractivity contribution in [3.63, 3.8) is 0 Å². The van der Waals surface area contributed by atoms with E-state index in [-0.39, 0.29) is 11.8 Å². The van der Waals surface area contributed by atoms with Crippen molar-refractivity contribution >= 4 is 11.8 Å². The molecule has 1 atom stereocenters. The number of hydrogen-bond donors (Lipinski definition) is 1. The maximum absolute atomic E-state index is 12.7. The molecular weight excluding hydrogens is 330 g/mol. The van der Waals surface area contributed by atoms with Crippen LogP contribution in [-0.4, -0.2) is 38.0 Å². The molecule has 0 bridgehead atoms. The van der Waals surface area contributed by atoms with E-state index in [1.165, 1.54) is 0 Å². The molecular formula is C19H25N5O2. The van der Waals surface area contributed by atoms with Crippen LogP contribution < -0.4 is 5.32 Å². The Kier molecular flexibility index (Phi) is 5.65. The van der Waals surface area contributed by atoms with Crippen molar-refractivity contribution < 1.29 is 9.59 Å². The van der Waals surface area contributed by atoms with Gasteiger partial charge in [-0.3, -0.25) is 19.3 Å². The SMILES string of the molecule is CC(C)CCC(=O)N1Cc2ccnn2[C@@H](C(=O)NCc2ccccn2)C1. The summed E-state index contributed by atoms with van der Waals surface area (Å²) >= 11 is 0. The molecule has 0 aliphatic carbocycles. The van der Waals surface area contributed by atoms with Crippen molar-refractivity contribution in [3.05, 3.63) is 48.0 Å². The van der Waals surface area contributed by atoms with Gasteiger partial charge in [0.15, 0.2) is 0 Å². The number of rotatable bonds is 6. The third kappa shape index (κ3) is 4.28. The van der Waals surface area contributed by atoms with Gasteiger partial charge in [0.05, 0.1) is 31.0 Å². The second kappa shape index (κ2) is 8.12. The Morgan fingerprint density at radius 1 is 1.27 bits per heavy atom. The summed E-state index contributed by atoms with van der Waals surface area (Å²) in [6, 6.07) is 6.93. The first-order chi connectivity index (χ1) is 12.5. The fourth-order valence-corrected chi connectivity index (χ4v) is 3.05. The molecule has 7 nitrogen and oxygen atoms in total. The Morgan fingerprint density at radius 3 is 2.85 bits per heavy atom. The van der Waals surface area contributed by atoms with Crippen molar-refractivity contribution in [2.75, 3.05) is 6.54 Å². The first-order valence-electron chi connectivity index (χ1n) is 9.02. The van der Waals surface area contributed by atoms with Crippen LogP contribution in [0, 0.1) is 5.92 Å². The molecule has 1 aliphatic heterocycles. The van der Waals surface area contributed by atoms with Crippen molar-refractivity contribution in [2.24, 2.45) is 5.92 Å². The molecule has 2 amide bonds. The number of aromatic nitrogens is 3. The van der Waals surface area contributed by atoms with Crippen molar-refractivity contribution in [2.45, 2.75) is 45.8 Å². The van der Waals surface area contributed by atoms with E-state index in [4.69, 9.17) is 0 Å². The molecule has 1 aliphatic rings. The molecule has 0 unspecified atom stereocenters. The normalized spacial score (nSPS) is 16.4. The van der Waals surface area contributed by atoms with E-state index < -0.39 is 6.04 Å². The Morgan fingerprint density at radius 2 is 2.12 bits per heavy atom. The van der Waals surface area contributed by atoms with Gasteiger partial charge in [-0.2, -0.15) is 5.10 Å². The number of carbonyl (C=O) groups is 2. The molecule has 0 saturated carbocycles. The van der Waals surface area contributed by atoms with E-state index in [1.807, 2.05) is 24.3 Å². The molecule has 0 aromatic carbocycles. The van der Waals surface area contributed by atoms with Crippen molar-refractivity contribution in [1.29, 1.82) is 0 Å². The molecule has 3 heterocycles. The summed E-state index contributed by atoms with van der Waals surface area (Å²) in [5, 5.41) is 7.19. The third-order valence-corrected chi connectivity index (χ3v) is 4.55. The van der Waals surface area contributed by atoms with Gasteiger partial charge in [0, 0.05) is 18.8 Å². The van der Waals surface area contributed by atoms with E-state index in [1.54, 1.807) is 22.0 Å². The van der Waals surface area contributed by atoms with Gasteiger partial charge in [-0.15, -0.1) is 0 Å². The minimum atomic E-state index is -0.513. The molecule has 0 spiro atoms. The van der Waals surface area contributed by atoms with Crippen LogP contribution in [-0.2, 0) is 22.7 Å². The van der Waals surface area contributed by atoms with Gasteiger partial charge in [0.2, 0.25) is 11.8 Å². The summed E-state index contributed by atoms with van der Waals surface area (Å²) in [6.07, 6.45) is 4.73. The largest absolute Gasteiger partial charge is 0.349 e. The zero-order chi connectivity index (χ0) is 18.5. The average molecular weight is 355 g/mol. The van der Waals surface area contributed by atoms with Gasteiger partial charge in [-0.1, -0.05) is 19.9 Å². The lowest BCUT2D eigenvalue weighted by atomic mass is 10.1. The Bertz CT molecular complexity index is 756. The van der Waals surface area contributed by atoms with Crippen LogP contribution in [0.3, 0.4) is 0 Å². The highest BCUT2D eigenvalue weighted by Crippen LogP contribution is 2.22. The van der Waals surface area contributed by atoms with E-state index in [0.29, 0.717) is 32.0 Å². The lowest BCUT2D eigenvalue weighted by Crippen LogP contribution is -2.47. The minimum absolute atomic E-state index is 0.0914. The minimum Gasteiger partial charge on any atom is -0.349 e. The van der Waals surface area contributed by atoms with E-state index >= 15 is 0 Å². The fraction of sp³-hybridized carbons (Fsp3) is 0.474. The molecule has 2 aromatic heterocycles. The number of fused-ring (bicyclic) bond motifs is 1. The molecule has 0 radical (unpaired) electrons. The van der Waals surface area contributed by atoms with Gasteiger partial charge < -0.3 is 10.2 Å². The standard InChI is InChI=1S/C19H25N5O2/c1-14(2)6-7-18(25)23-12-16-8-10-22-24(16)17(13-23)19(26)21-11-15-5-3-4-9-20-15/h3-5,8-10,14,17H,6-7,11-13H2,1-2H3,(H,21,26)/t17-/m1/s1. The smallest absolute Gasteiger partial charge is 0.247 e. The maximum atomic E-state index is 12.7. The predicted molar refractivity (Wildman–Crippen MR) is 96.8 cm³/mol. The van der Waals surface area contributed by atoms with E-state index in [2.05, 4.69) is 29.2 Å². The second-order valence-electron chi connectivity index (χ2n) is 7.03. The molecule has 0 saturated heterocycles. The molecule has 0 fully saturated rings. The van der Waals surface area contributed by atoms with Crippen LogP contribution in [0.5, 0.6) is 0 Å². The topological polar surface area (TPSA) is 80.1 Å². The van der Waals surface area contributed by atoms with Crippen LogP contribution in [0.4, 0.5) is 0 Å². The number of hydrogen-bond acceptors (Lipinski definition) is 4. The number of carbonyl (C=O) groups excluding carboxylic acids is 2. The number of pyridine rings is 1. The molecule has 138 valence electrons. The fourth-order valence-electron chi connectivity index (χ4n) is 3.05. The van der Waals surface area contributed by atoms with Crippen LogP contribution in [0.2, 0.25) is 0 Å². The highest BCUT2D eigenvalue weighted by atomic mass is 16.2. The summed E-state index contributed by atoms with van der Waals surface area (Å²) < 4.78 is 1.72. The van der Waals surface area contributed by atoms with Crippen molar-refractivity contribution in [3.8, 4) is 0 Å². The lowest BCUT2D eigenvalue weighted by molar-refractivity contribution is -0.135. The Hall–Kier alpha value is -2.70. The van der Waals surface area contributed by atoms with Crippen molar-refractivity contribution in [1.82, 2.24) is 25.0 Å². The maximum Gasteiger partial charge on any atom is 0.247 e. The van der Waals surface area contributed by atoms with Crippen LogP contribution in [0.1, 0.15) is 44.1 Å². The van der Waals surface area contributed by atoms with E-state index in [0.717, 1.165) is 17.8 Å². The summed E-state index contributed by atoms with van der Waals surface area (Å²) in [7, 11) is 0. The van der Waals surface area contributed by atoms with Gasteiger partial charge in [-0.25, -0.2) is 0 Å². The molecule has 1 N–H and O–H groups in total. The van der Waals surface area contributed by atoms with Gasteiger partial charge in [0.1, 0.15) is 6.04 Å². The molecule has 3 rings (SSSR count). The third-order valence-electron chi connectivity index (χ3n) is 4.55. The van der Waals surface area contributed by atoms with E-state index in [9.17, 15) is 9.59 Å². The van der Waals surface area contributed by atoms with Crippen LogP contribution in [0.25, 0.3) is 0 Å². The monoisotopic (exact) mass is 355 g/mol. The summed E-state index contributed by atoms with van der Waals surface area (Å²) in [4.78, 5) is 31.2. The zero-order valence-electron chi connectivity index (χ0n) is 15.3.